The molecule has 0 bridgehead atoms. The number of hydrogen-bond donors (Lipinski definition) is 2. The summed E-state index contributed by atoms with van der Waals surface area (Å²) in [5, 5.41) is 16.3. The SMILES string of the molecule is CN(C)C(=O)CNC(=S)Nc1ccc([N+](=O)[O-])cc1. The number of likely N-dealkylation sites (N-methyl/N-ethyl adjacent to an activating group) is 1. The molecule has 0 saturated carbocycles. The van der Waals surface area contributed by atoms with Gasteiger partial charge in [-0.25, -0.2) is 0 Å². The smallest absolute Gasteiger partial charge is 0.269 e. The third-order valence-corrected chi connectivity index (χ3v) is 2.48. The van der Waals surface area contributed by atoms with Crippen LogP contribution in [0.3, 0.4) is 0 Å². The molecule has 0 atom stereocenters. The van der Waals surface area contributed by atoms with Gasteiger partial charge in [0.1, 0.15) is 0 Å². The maximum atomic E-state index is 11.3. The lowest BCUT2D eigenvalue weighted by molar-refractivity contribution is -0.384. The molecule has 0 aliphatic carbocycles. The molecule has 0 aliphatic rings. The normalized spacial score (nSPS) is 9.58. The van der Waals surface area contributed by atoms with E-state index in [-0.39, 0.29) is 23.3 Å². The molecule has 0 unspecified atom stereocenters. The van der Waals surface area contributed by atoms with Gasteiger partial charge in [0.15, 0.2) is 5.11 Å². The van der Waals surface area contributed by atoms with Crippen LogP contribution in [0.2, 0.25) is 0 Å². The molecule has 1 aromatic rings. The van der Waals surface area contributed by atoms with E-state index in [1.165, 1.54) is 17.0 Å². The van der Waals surface area contributed by atoms with E-state index in [0.717, 1.165) is 0 Å². The van der Waals surface area contributed by atoms with Crippen molar-refractivity contribution in [3.05, 3.63) is 34.4 Å². The highest BCUT2D eigenvalue weighted by atomic mass is 32.1. The highest BCUT2D eigenvalue weighted by Crippen LogP contribution is 2.15. The zero-order valence-corrected chi connectivity index (χ0v) is 11.4. The van der Waals surface area contributed by atoms with Gasteiger partial charge in [0, 0.05) is 31.9 Å². The van der Waals surface area contributed by atoms with Crippen molar-refractivity contribution in [1.82, 2.24) is 10.2 Å². The van der Waals surface area contributed by atoms with Crippen molar-refractivity contribution < 1.29 is 9.72 Å². The number of rotatable bonds is 4. The van der Waals surface area contributed by atoms with Crippen molar-refractivity contribution in [2.45, 2.75) is 0 Å². The van der Waals surface area contributed by atoms with Crippen LogP contribution >= 0.6 is 12.2 Å². The first-order valence-electron chi connectivity index (χ1n) is 5.39. The zero-order valence-electron chi connectivity index (χ0n) is 10.5. The van der Waals surface area contributed by atoms with Crippen molar-refractivity contribution in [2.24, 2.45) is 0 Å². The molecular formula is C11H14N4O3S. The first-order chi connectivity index (χ1) is 8.90. The number of carbonyl (C=O) groups is 1. The van der Waals surface area contributed by atoms with Crippen molar-refractivity contribution >= 4 is 34.6 Å². The molecule has 1 aromatic carbocycles. The summed E-state index contributed by atoms with van der Waals surface area (Å²) < 4.78 is 0. The fourth-order valence-corrected chi connectivity index (χ4v) is 1.35. The quantitative estimate of drug-likeness (QED) is 0.486. The Bertz CT molecular complexity index is 487. The van der Waals surface area contributed by atoms with Gasteiger partial charge in [0.05, 0.1) is 11.5 Å². The van der Waals surface area contributed by atoms with E-state index in [2.05, 4.69) is 10.6 Å². The minimum Gasteiger partial charge on any atom is -0.353 e. The van der Waals surface area contributed by atoms with Gasteiger partial charge in [-0.1, -0.05) is 0 Å². The first-order valence-corrected chi connectivity index (χ1v) is 5.80. The maximum absolute atomic E-state index is 11.3. The monoisotopic (exact) mass is 282 g/mol. The Balaban J connectivity index is 2.48. The van der Waals surface area contributed by atoms with E-state index < -0.39 is 4.92 Å². The second-order valence-electron chi connectivity index (χ2n) is 3.90. The summed E-state index contributed by atoms with van der Waals surface area (Å²) in [6.07, 6.45) is 0. The summed E-state index contributed by atoms with van der Waals surface area (Å²) in [4.78, 5) is 22.8. The van der Waals surface area contributed by atoms with Crippen LogP contribution in [-0.2, 0) is 4.79 Å². The van der Waals surface area contributed by atoms with Gasteiger partial charge in [-0.3, -0.25) is 14.9 Å². The standard InChI is InChI=1S/C11H14N4O3S/c1-14(2)10(16)7-12-11(19)13-8-3-5-9(6-4-8)15(17)18/h3-6H,7H2,1-2H3,(H2,12,13,19). The van der Waals surface area contributed by atoms with Gasteiger partial charge >= 0.3 is 0 Å². The predicted molar refractivity (Wildman–Crippen MR) is 76.0 cm³/mol. The highest BCUT2D eigenvalue weighted by Gasteiger charge is 2.06. The van der Waals surface area contributed by atoms with Crippen LogP contribution in [0, 0.1) is 10.1 Å². The summed E-state index contributed by atoms with van der Waals surface area (Å²) in [7, 11) is 3.30. The Hall–Kier alpha value is -2.22. The van der Waals surface area contributed by atoms with E-state index in [1.54, 1.807) is 26.2 Å². The van der Waals surface area contributed by atoms with Crippen molar-refractivity contribution in [3.8, 4) is 0 Å². The van der Waals surface area contributed by atoms with Crippen LogP contribution in [-0.4, -0.2) is 41.5 Å². The first kappa shape index (κ1) is 14.8. The lowest BCUT2D eigenvalue weighted by Crippen LogP contribution is -2.38. The van der Waals surface area contributed by atoms with E-state index in [1.807, 2.05) is 0 Å². The Morgan fingerprint density at radius 3 is 2.42 bits per heavy atom. The van der Waals surface area contributed by atoms with Crippen molar-refractivity contribution in [1.29, 1.82) is 0 Å². The van der Waals surface area contributed by atoms with E-state index in [9.17, 15) is 14.9 Å². The minimum atomic E-state index is -0.476. The molecular weight excluding hydrogens is 268 g/mol. The molecule has 8 heteroatoms. The molecule has 1 amide bonds. The molecule has 2 N–H and O–H groups in total. The van der Waals surface area contributed by atoms with Gasteiger partial charge < -0.3 is 15.5 Å². The number of nitrogens with one attached hydrogen (secondary N) is 2. The number of amides is 1. The number of benzene rings is 1. The molecule has 0 saturated heterocycles. The lowest BCUT2D eigenvalue weighted by atomic mass is 10.3. The number of anilines is 1. The maximum Gasteiger partial charge on any atom is 0.269 e. The van der Waals surface area contributed by atoms with Gasteiger partial charge in [-0.05, 0) is 24.4 Å². The number of thiocarbonyl (C=S) groups is 1. The topological polar surface area (TPSA) is 87.5 Å². The minimum absolute atomic E-state index is 0.00668. The summed E-state index contributed by atoms with van der Waals surface area (Å²) in [5.41, 5.74) is 0.618. The molecule has 7 nitrogen and oxygen atoms in total. The molecule has 0 aromatic heterocycles. The lowest BCUT2D eigenvalue weighted by Gasteiger charge is -2.13. The summed E-state index contributed by atoms with van der Waals surface area (Å²) in [5.74, 6) is -0.104. The van der Waals surface area contributed by atoms with Gasteiger partial charge in [-0.2, -0.15) is 0 Å². The third kappa shape index (κ3) is 4.88. The van der Waals surface area contributed by atoms with E-state index in [4.69, 9.17) is 12.2 Å². The molecule has 0 aliphatic heterocycles. The van der Waals surface area contributed by atoms with Crippen LogP contribution in [0.5, 0.6) is 0 Å². The molecule has 102 valence electrons. The molecule has 1 rings (SSSR count). The van der Waals surface area contributed by atoms with Crippen LogP contribution < -0.4 is 10.6 Å². The summed E-state index contributed by atoms with van der Waals surface area (Å²) in [6, 6.07) is 5.83. The number of nitro benzene ring substituents is 1. The summed E-state index contributed by atoms with van der Waals surface area (Å²) >= 11 is 5.00. The van der Waals surface area contributed by atoms with Gasteiger partial charge in [-0.15, -0.1) is 0 Å². The fraction of sp³-hybridized carbons (Fsp3) is 0.273. The molecule has 0 fully saturated rings. The number of nitro groups is 1. The Morgan fingerprint density at radius 2 is 1.95 bits per heavy atom. The highest BCUT2D eigenvalue weighted by molar-refractivity contribution is 7.80. The Morgan fingerprint density at radius 1 is 1.37 bits per heavy atom. The largest absolute Gasteiger partial charge is 0.353 e. The van der Waals surface area contributed by atoms with Crippen LogP contribution in [0.4, 0.5) is 11.4 Å². The van der Waals surface area contributed by atoms with E-state index >= 15 is 0 Å². The van der Waals surface area contributed by atoms with E-state index in [0.29, 0.717) is 5.69 Å². The summed E-state index contributed by atoms with van der Waals surface area (Å²) in [6.45, 7) is 0.0891. The average molecular weight is 282 g/mol. The third-order valence-electron chi connectivity index (χ3n) is 2.23. The fourth-order valence-electron chi connectivity index (χ4n) is 1.16. The van der Waals surface area contributed by atoms with Crippen LogP contribution in [0.1, 0.15) is 0 Å². The number of carbonyl (C=O) groups excluding carboxylic acids is 1. The number of non-ortho nitro benzene ring substituents is 1. The van der Waals surface area contributed by atoms with Crippen LogP contribution in [0.25, 0.3) is 0 Å². The van der Waals surface area contributed by atoms with Gasteiger partial charge in [0.25, 0.3) is 5.69 Å². The molecule has 0 spiro atoms. The Labute approximate surface area is 115 Å². The number of nitrogens with zero attached hydrogens (tertiary/aromatic N) is 2. The molecule has 19 heavy (non-hydrogen) atoms. The second kappa shape index (κ2) is 6.64. The van der Waals surface area contributed by atoms with Crippen LogP contribution in [0.15, 0.2) is 24.3 Å². The average Bonchev–Trinajstić information content (AvgIpc) is 2.36. The molecule has 0 heterocycles. The number of hydrogen-bond acceptors (Lipinski definition) is 4. The molecule has 0 radical (unpaired) electrons. The van der Waals surface area contributed by atoms with Gasteiger partial charge in [0.2, 0.25) is 5.91 Å². The zero-order chi connectivity index (χ0) is 14.4. The Kier molecular flexibility index (Phi) is 5.19. The predicted octanol–water partition coefficient (Wildman–Crippen LogP) is 0.969. The second-order valence-corrected chi connectivity index (χ2v) is 4.31. The van der Waals surface area contributed by atoms with Crippen molar-refractivity contribution in [3.63, 3.8) is 0 Å². The van der Waals surface area contributed by atoms with Crippen molar-refractivity contribution in [2.75, 3.05) is 26.0 Å².